The highest BCUT2D eigenvalue weighted by Gasteiger charge is 2.50. The molecular weight excluding hydrogens is 921 g/mol. The number of fused-ring (bicyclic) bond motifs is 13. The Morgan fingerprint density at radius 2 is 1.64 bits per heavy atom. The first-order valence-corrected chi connectivity index (χ1v) is 25.4. The number of aliphatic hydroxyl groups is 2. The molecule has 3 unspecified atom stereocenters. The molecule has 2 fully saturated rings. The Morgan fingerprint density at radius 1 is 0.931 bits per heavy atom. The van der Waals surface area contributed by atoms with E-state index in [-0.39, 0.29) is 74.9 Å². The number of Topliss-reactive ketones (excluding diaryl/α,β-unsaturated/α-hetero) is 1. The van der Waals surface area contributed by atoms with Crippen LogP contribution >= 0.6 is 0 Å². The van der Waals surface area contributed by atoms with Crippen molar-refractivity contribution in [3.63, 3.8) is 0 Å². The Morgan fingerprint density at radius 3 is 2.33 bits per heavy atom. The van der Waals surface area contributed by atoms with Crippen LogP contribution in [-0.2, 0) is 30.4 Å². The van der Waals surface area contributed by atoms with E-state index in [0.29, 0.717) is 50.6 Å². The fraction of sp³-hybridized carbons (Fsp3) is 0.527. The number of anilines is 1. The van der Waals surface area contributed by atoms with E-state index in [9.17, 15) is 39.6 Å². The van der Waals surface area contributed by atoms with Gasteiger partial charge in [0.05, 0.1) is 35.1 Å². The lowest BCUT2D eigenvalue weighted by molar-refractivity contribution is -0.157. The number of hydrogen-bond donors (Lipinski definition) is 5. The molecular formula is C55H70N6O11. The number of carbonyl (C=O) groups excluding carboxylic acids is 4. The lowest BCUT2D eigenvalue weighted by Crippen LogP contribution is -2.48. The number of nitrogens with zero attached hydrogens (tertiary/aromatic N) is 5. The molecule has 5 N–H and O–H groups in total. The second kappa shape index (κ2) is 21.5. The minimum atomic E-state index is -1.93. The number of nitrogens with one attached hydrogen (secondary N) is 1. The van der Waals surface area contributed by atoms with Crippen molar-refractivity contribution >= 4 is 40.0 Å². The van der Waals surface area contributed by atoms with Gasteiger partial charge in [0.1, 0.15) is 40.4 Å². The second-order valence-corrected chi connectivity index (χ2v) is 20.9. The molecule has 6 atom stereocenters. The summed E-state index contributed by atoms with van der Waals surface area (Å²) < 4.78 is 18.4. The summed E-state index contributed by atoms with van der Waals surface area (Å²) in [6.45, 7) is 17.9. The maximum absolute atomic E-state index is 14.8. The first kappa shape index (κ1) is 52.2. The zero-order valence-electron chi connectivity index (χ0n) is 42.5. The highest BCUT2D eigenvalue weighted by Crippen LogP contribution is 2.51. The molecule has 9 rings (SSSR count). The summed E-state index contributed by atoms with van der Waals surface area (Å²) in [5, 5.41) is 50.3. The van der Waals surface area contributed by atoms with Crippen LogP contribution in [-0.4, -0.2) is 134 Å². The summed E-state index contributed by atoms with van der Waals surface area (Å²) >= 11 is 0. The molecule has 3 aromatic carbocycles. The summed E-state index contributed by atoms with van der Waals surface area (Å²) in [4.78, 5) is 71.5. The molecule has 0 saturated carbocycles. The number of esters is 1. The molecule has 72 heavy (non-hydrogen) atoms. The molecule has 6 aliphatic heterocycles. The van der Waals surface area contributed by atoms with Crippen LogP contribution in [0.2, 0.25) is 0 Å². The van der Waals surface area contributed by atoms with Crippen molar-refractivity contribution in [3.8, 4) is 17.2 Å². The smallest absolute Gasteiger partial charge is 0.315 e. The van der Waals surface area contributed by atoms with Crippen molar-refractivity contribution in [1.82, 2.24) is 14.7 Å². The highest BCUT2D eigenvalue weighted by atomic mass is 16.7. The van der Waals surface area contributed by atoms with Crippen molar-refractivity contribution < 1.29 is 53.8 Å². The van der Waals surface area contributed by atoms with E-state index in [4.69, 9.17) is 19.2 Å². The van der Waals surface area contributed by atoms with Gasteiger partial charge in [-0.3, -0.25) is 29.1 Å². The minimum Gasteiger partial charge on any atom is -0.507 e. The fourth-order valence-corrected chi connectivity index (χ4v) is 10.4. The number of benzene rings is 3. The Balaban J connectivity index is 1.08. The number of piperazine rings is 1. The standard InChI is InChI=1S/C55H70N6O11/c1-32(2)30-59-20-18-55(19-21-59)57-46-43-44-49(66)36(6)51-45(43)52(68)54(7,72-51)70-26-12-15-34(4)40(71-42(65)29-41(64)61-24-22-60(23-25-61)31-37-16-9-8-10-17-37)28-38(62)27-39(63)33(3)13-11-14-35(5)53(69)56-48(50(44)67)47(46)58-55/h8-14,16-17,26,32-34,38-40,57,62-63,66-67H,15,18-25,27-31H2,1-7H3/b13-11+,26-12+,35-14-,56-48?/t33?,34-,38?,39-,40+,54?/m1/s1. The normalized spacial score (nSPS) is 27.8. The fourth-order valence-electron chi connectivity index (χ4n) is 10.4. The number of likely N-dealkylation sites (tertiary alicyclic amines) is 1. The number of allylic oxidation sites excluding steroid dienone is 3. The predicted octanol–water partition coefficient (Wildman–Crippen LogP) is 5.35. The molecule has 386 valence electrons. The third kappa shape index (κ3) is 11.1. The van der Waals surface area contributed by atoms with E-state index in [2.05, 4.69) is 46.1 Å². The van der Waals surface area contributed by atoms with Crippen molar-refractivity contribution in [2.24, 2.45) is 27.7 Å². The van der Waals surface area contributed by atoms with Gasteiger partial charge in [0.15, 0.2) is 5.75 Å². The third-order valence-electron chi connectivity index (χ3n) is 14.8. The van der Waals surface area contributed by atoms with E-state index in [1.807, 2.05) is 25.1 Å². The number of aromatic hydroxyl groups is 2. The zero-order valence-corrected chi connectivity index (χ0v) is 42.5. The highest BCUT2D eigenvalue weighted by molar-refractivity contribution is 6.21. The van der Waals surface area contributed by atoms with Crippen LogP contribution in [0.1, 0.15) is 102 Å². The van der Waals surface area contributed by atoms with Crippen LogP contribution in [0.25, 0.3) is 10.8 Å². The Labute approximate surface area is 420 Å². The molecule has 0 aromatic heterocycles. The summed E-state index contributed by atoms with van der Waals surface area (Å²) in [5.41, 5.74) is 1.06. The summed E-state index contributed by atoms with van der Waals surface area (Å²) in [7, 11) is 0. The lowest BCUT2D eigenvalue weighted by atomic mass is 9.91. The average molecular weight is 991 g/mol. The molecule has 3 aromatic rings. The van der Waals surface area contributed by atoms with Gasteiger partial charge in [-0.05, 0) is 50.2 Å². The van der Waals surface area contributed by atoms with Crippen LogP contribution in [0.3, 0.4) is 0 Å². The Kier molecular flexibility index (Phi) is 15.6. The summed E-state index contributed by atoms with van der Waals surface area (Å²) in [6, 6.07) is 10.1. The van der Waals surface area contributed by atoms with Gasteiger partial charge in [0.25, 0.3) is 11.7 Å². The van der Waals surface area contributed by atoms with Crippen LogP contribution in [0.5, 0.6) is 17.2 Å². The average Bonchev–Trinajstić information content (AvgIpc) is 3.84. The van der Waals surface area contributed by atoms with E-state index < -0.39 is 71.4 Å². The van der Waals surface area contributed by atoms with Crippen molar-refractivity contribution in [3.05, 3.63) is 93.9 Å². The van der Waals surface area contributed by atoms with Crippen molar-refractivity contribution in [2.75, 3.05) is 51.1 Å². The number of phenols is 2. The van der Waals surface area contributed by atoms with Gasteiger partial charge < -0.3 is 49.8 Å². The third-order valence-corrected chi connectivity index (χ3v) is 14.8. The molecule has 1 spiro atoms. The first-order chi connectivity index (χ1) is 34.3. The van der Waals surface area contributed by atoms with Crippen molar-refractivity contribution in [1.29, 1.82) is 0 Å². The Hall–Kier alpha value is -6.14. The number of amides is 2. The number of ketones is 1. The molecule has 0 aliphatic carbocycles. The van der Waals surface area contributed by atoms with Crippen LogP contribution in [0, 0.1) is 24.7 Å². The maximum Gasteiger partial charge on any atom is 0.315 e. The van der Waals surface area contributed by atoms with Gasteiger partial charge in [-0.2, -0.15) is 0 Å². The van der Waals surface area contributed by atoms with Crippen molar-refractivity contribution in [2.45, 2.75) is 123 Å². The molecule has 0 radical (unpaired) electrons. The van der Waals surface area contributed by atoms with Gasteiger partial charge in [-0.15, -0.1) is 0 Å². The number of piperidine rings is 1. The SMILES string of the molecule is C/C1=C/C=C/C(C)[C@H](O)CC(O)C[C@H](OC(=O)CC(=O)N2CCN(Cc3ccccc3)CC2)[C@H](C)C/C=C/OC2(C)Oc3c(C)c(O)c4c(O)c(c5c(c4c3C2=O)NC2(CCN(CC(C)C)CC2)N=5)=NC1=O. The van der Waals surface area contributed by atoms with Gasteiger partial charge >= 0.3 is 11.8 Å². The number of rotatable bonds is 7. The topological polar surface area (TPSA) is 223 Å². The van der Waals surface area contributed by atoms with Crippen LogP contribution in [0.15, 0.2) is 76.5 Å². The number of aliphatic hydroxyl groups excluding tert-OH is 2. The van der Waals surface area contributed by atoms with E-state index >= 15 is 0 Å². The largest absolute Gasteiger partial charge is 0.507 e. The van der Waals surface area contributed by atoms with Gasteiger partial charge in [-0.25, -0.2) is 4.99 Å². The van der Waals surface area contributed by atoms with Gasteiger partial charge in [-0.1, -0.05) is 76.3 Å². The van der Waals surface area contributed by atoms with E-state index in [0.717, 1.165) is 26.2 Å². The number of hydrogen-bond acceptors (Lipinski definition) is 15. The predicted molar refractivity (Wildman–Crippen MR) is 270 cm³/mol. The maximum atomic E-state index is 14.8. The molecule has 2 amide bonds. The van der Waals surface area contributed by atoms with Gasteiger partial charge in [0.2, 0.25) is 5.91 Å². The number of ether oxygens (including phenoxy) is 3. The van der Waals surface area contributed by atoms with E-state index in [1.165, 1.54) is 24.8 Å². The summed E-state index contributed by atoms with van der Waals surface area (Å²) in [5.74, 6) is -5.61. The molecule has 17 heteroatoms. The molecule has 6 aliphatic rings. The van der Waals surface area contributed by atoms with E-state index in [1.54, 1.807) is 43.9 Å². The van der Waals surface area contributed by atoms with Crippen LogP contribution in [0.4, 0.5) is 5.69 Å². The number of phenolic OH excluding ortho intramolecular Hbond substituents is 2. The monoisotopic (exact) mass is 991 g/mol. The molecule has 5 bridgehead atoms. The van der Waals surface area contributed by atoms with Crippen LogP contribution < -0.4 is 20.8 Å². The quantitative estimate of drug-likeness (QED) is 0.115. The molecule has 17 nitrogen and oxygen atoms in total. The first-order valence-electron chi connectivity index (χ1n) is 25.4. The summed E-state index contributed by atoms with van der Waals surface area (Å²) in [6.07, 6.45) is 5.58. The minimum absolute atomic E-state index is 0.0443. The zero-order chi connectivity index (χ0) is 51.6. The van der Waals surface area contributed by atoms with Gasteiger partial charge in [0, 0.05) is 101 Å². The Bertz CT molecular complexity index is 2790. The number of carbonyl (C=O) groups is 4. The molecule has 6 heterocycles. The second-order valence-electron chi connectivity index (χ2n) is 20.9. The lowest BCUT2D eigenvalue weighted by Gasteiger charge is -2.38. The molecule has 2 saturated heterocycles.